The maximum absolute atomic E-state index is 14.0. The van der Waals surface area contributed by atoms with Gasteiger partial charge >= 0.3 is 18.4 Å². The lowest BCUT2D eigenvalue weighted by Gasteiger charge is -2.32. The van der Waals surface area contributed by atoms with E-state index in [9.17, 15) is 40.3 Å². The number of amides is 3. The normalized spacial score (nSPS) is 17.3. The van der Waals surface area contributed by atoms with Gasteiger partial charge in [-0.3, -0.25) is 9.69 Å². The van der Waals surface area contributed by atoms with Crippen LogP contribution in [-0.2, 0) is 22.6 Å². The van der Waals surface area contributed by atoms with Crippen molar-refractivity contribution in [1.82, 2.24) is 9.88 Å². The molecule has 1 aromatic heterocycles. The minimum absolute atomic E-state index is 0.0101. The SMILES string of the molecule is Cc1cc(F)ccc1-c1cc(N2C[C@@H]3CCCN3C2=O)ncc1N(C)C(=O)C(C)(C)c1cc(C(F)(F)F)cc(C(F)(F)F)c1. The topological polar surface area (TPSA) is 56.8 Å². The summed E-state index contributed by atoms with van der Waals surface area (Å²) < 4.78 is 95.6. The van der Waals surface area contributed by atoms with Crippen molar-refractivity contribution in [3.05, 3.63) is 76.7 Å². The quantitative estimate of drug-likeness (QED) is 0.276. The number of rotatable bonds is 5. The summed E-state index contributed by atoms with van der Waals surface area (Å²) in [6.45, 7) is 5.16. The van der Waals surface area contributed by atoms with Gasteiger partial charge in [-0.15, -0.1) is 0 Å². The smallest absolute Gasteiger partial charge is 0.320 e. The zero-order valence-corrected chi connectivity index (χ0v) is 24.3. The highest BCUT2D eigenvalue weighted by Crippen LogP contribution is 2.42. The van der Waals surface area contributed by atoms with Gasteiger partial charge in [-0.2, -0.15) is 26.3 Å². The summed E-state index contributed by atoms with van der Waals surface area (Å²) in [6.07, 6.45) is -7.10. The highest BCUT2D eigenvalue weighted by molar-refractivity contribution is 6.04. The van der Waals surface area contributed by atoms with E-state index in [-0.39, 0.29) is 23.8 Å². The molecule has 0 bridgehead atoms. The molecule has 0 unspecified atom stereocenters. The van der Waals surface area contributed by atoms with Crippen LogP contribution < -0.4 is 9.80 Å². The third-order valence-corrected chi connectivity index (χ3v) is 8.38. The number of benzene rings is 2. The first kappa shape index (κ1) is 31.3. The molecule has 2 aliphatic rings. The molecule has 0 aliphatic carbocycles. The Morgan fingerprint density at radius 1 is 0.932 bits per heavy atom. The van der Waals surface area contributed by atoms with Crippen LogP contribution in [0.3, 0.4) is 0 Å². The van der Waals surface area contributed by atoms with Gasteiger partial charge in [0.25, 0.3) is 0 Å². The Balaban J connectivity index is 1.59. The first-order valence-corrected chi connectivity index (χ1v) is 13.8. The van der Waals surface area contributed by atoms with E-state index in [1.807, 2.05) is 0 Å². The van der Waals surface area contributed by atoms with Crippen molar-refractivity contribution in [2.24, 2.45) is 0 Å². The van der Waals surface area contributed by atoms with E-state index in [1.165, 1.54) is 50.2 Å². The zero-order valence-electron chi connectivity index (χ0n) is 24.3. The van der Waals surface area contributed by atoms with Crippen molar-refractivity contribution in [3.8, 4) is 11.1 Å². The van der Waals surface area contributed by atoms with Crippen molar-refractivity contribution in [2.75, 3.05) is 29.9 Å². The van der Waals surface area contributed by atoms with Crippen LogP contribution in [0.25, 0.3) is 11.1 Å². The van der Waals surface area contributed by atoms with Crippen LogP contribution in [0.4, 0.5) is 47.0 Å². The van der Waals surface area contributed by atoms with Gasteiger partial charge in [-0.05, 0) is 86.7 Å². The zero-order chi connectivity index (χ0) is 32.4. The molecule has 3 aromatic rings. The maximum Gasteiger partial charge on any atom is 0.416 e. The molecule has 3 amide bonds. The molecule has 2 aromatic carbocycles. The number of urea groups is 1. The number of aromatic nitrogens is 1. The van der Waals surface area contributed by atoms with Gasteiger partial charge in [0, 0.05) is 25.7 Å². The number of anilines is 2. The molecule has 0 radical (unpaired) electrons. The molecule has 13 heteroatoms. The van der Waals surface area contributed by atoms with Crippen molar-refractivity contribution in [2.45, 2.75) is 57.4 Å². The second kappa shape index (κ2) is 10.8. The van der Waals surface area contributed by atoms with E-state index in [4.69, 9.17) is 0 Å². The Kier molecular flexibility index (Phi) is 7.66. The molecule has 6 nitrogen and oxygen atoms in total. The molecule has 2 saturated heterocycles. The second-order valence-corrected chi connectivity index (χ2v) is 11.7. The number of halogens is 7. The van der Waals surface area contributed by atoms with Crippen LogP contribution in [0.5, 0.6) is 0 Å². The molecule has 1 atom stereocenters. The Bertz CT molecular complexity index is 1600. The summed E-state index contributed by atoms with van der Waals surface area (Å²) in [5.74, 6) is -1.04. The van der Waals surface area contributed by atoms with Gasteiger partial charge in [0.1, 0.15) is 11.6 Å². The summed E-state index contributed by atoms with van der Waals surface area (Å²) in [5.41, 5.74) is -3.89. The minimum Gasteiger partial charge on any atom is -0.320 e. The fraction of sp³-hybridized carbons (Fsp3) is 0.387. The van der Waals surface area contributed by atoms with Crippen LogP contribution >= 0.6 is 0 Å². The number of hydrogen-bond acceptors (Lipinski definition) is 3. The number of aryl methyl sites for hydroxylation is 1. The Hall–Kier alpha value is -4.16. The van der Waals surface area contributed by atoms with Crippen molar-refractivity contribution in [3.63, 3.8) is 0 Å². The minimum atomic E-state index is -5.09. The predicted octanol–water partition coefficient (Wildman–Crippen LogP) is 7.58. The molecular weight excluding hydrogens is 593 g/mol. The second-order valence-electron chi connectivity index (χ2n) is 11.7. The van der Waals surface area contributed by atoms with Gasteiger partial charge in [0.05, 0.1) is 34.5 Å². The van der Waals surface area contributed by atoms with Gasteiger partial charge < -0.3 is 9.80 Å². The van der Waals surface area contributed by atoms with Crippen molar-refractivity contribution >= 4 is 23.4 Å². The fourth-order valence-corrected chi connectivity index (χ4v) is 5.88. The Morgan fingerprint density at radius 2 is 1.55 bits per heavy atom. The van der Waals surface area contributed by atoms with E-state index in [0.29, 0.717) is 47.7 Å². The monoisotopic (exact) mass is 622 g/mol. The first-order valence-electron chi connectivity index (χ1n) is 13.8. The predicted molar refractivity (Wildman–Crippen MR) is 150 cm³/mol. The maximum atomic E-state index is 14.0. The van der Waals surface area contributed by atoms with E-state index in [0.717, 1.165) is 17.7 Å². The molecule has 234 valence electrons. The molecule has 44 heavy (non-hydrogen) atoms. The van der Waals surface area contributed by atoms with Gasteiger partial charge in [-0.25, -0.2) is 14.2 Å². The summed E-state index contributed by atoms with van der Waals surface area (Å²) in [4.78, 5) is 35.9. The number of fused-ring (bicyclic) bond motifs is 1. The number of likely N-dealkylation sites (N-methyl/N-ethyl adjacent to an activating group) is 1. The highest BCUT2D eigenvalue weighted by Gasteiger charge is 2.43. The lowest BCUT2D eigenvalue weighted by Crippen LogP contribution is -2.42. The fourth-order valence-electron chi connectivity index (χ4n) is 5.88. The average molecular weight is 623 g/mol. The van der Waals surface area contributed by atoms with Gasteiger partial charge in [0.2, 0.25) is 5.91 Å². The molecule has 0 N–H and O–H groups in total. The molecule has 3 heterocycles. The van der Waals surface area contributed by atoms with Crippen LogP contribution in [0.2, 0.25) is 0 Å². The van der Waals surface area contributed by atoms with Gasteiger partial charge in [0.15, 0.2) is 0 Å². The van der Waals surface area contributed by atoms with Crippen LogP contribution in [0.1, 0.15) is 48.9 Å². The standard InChI is InChI=1S/C31H29F7N4O2/c1-17-10-21(32)7-8-23(17)24-14-26(42-16-22-6-5-9-41(22)28(42)44)39-15-25(24)40(4)27(43)29(2,3)18-11-19(30(33,34)35)13-20(12-18)31(36,37)38/h7-8,10-15,22H,5-6,9,16H2,1-4H3/t22-/m0/s1. The van der Waals surface area contributed by atoms with Crippen LogP contribution in [0.15, 0.2) is 48.7 Å². The number of alkyl halides is 6. The third kappa shape index (κ3) is 5.59. The summed E-state index contributed by atoms with van der Waals surface area (Å²) in [6, 6.07) is 6.48. The molecule has 5 rings (SSSR count). The average Bonchev–Trinajstić information content (AvgIpc) is 3.53. The summed E-state index contributed by atoms with van der Waals surface area (Å²) in [7, 11) is 1.33. The van der Waals surface area contributed by atoms with E-state index in [2.05, 4.69) is 4.98 Å². The first-order chi connectivity index (χ1) is 20.4. The van der Waals surface area contributed by atoms with Gasteiger partial charge in [-0.1, -0.05) is 6.07 Å². The Morgan fingerprint density at radius 3 is 2.11 bits per heavy atom. The van der Waals surface area contributed by atoms with Crippen molar-refractivity contribution < 1.29 is 40.3 Å². The molecule has 2 aliphatic heterocycles. The summed E-state index contributed by atoms with van der Waals surface area (Å²) in [5, 5.41) is 0. The number of hydrogen-bond donors (Lipinski definition) is 0. The van der Waals surface area contributed by atoms with E-state index >= 15 is 0 Å². The summed E-state index contributed by atoms with van der Waals surface area (Å²) >= 11 is 0. The molecule has 0 spiro atoms. The Labute approximate surface area is 249 Å². The third-order valence-electron chi connectivity index (χ3n) is 8.38. The molecule has 0 saturated carbocycles. The number of pyridine rings is 1. The lowest BCUT2D eigenvalue weighted by atomic mass is 9.81. The number of nitrogens with zero attached hydrogens (tertiary/aromatic N) is 4. The van der Waals surface area contributed by atoms with E-state index in [1.54, 1.807) is 17.9 Å². The largest absolute Gasteiger partial charge is 0.416 e. The molecule has 2 fully saturated rings. The highest BCUT2D eigenvalue weighted by atomic mass is 19.4. The number of carbonyl (C=O) groups is 2. The van der Waals surface area contributed by atoms with E-state index < -0.39 is 46.2 Å². The van der Waals surface area contributed by atoms with Crippen LogP contribution in [-0.4, -0.2) is 48.0 Å². The number of carbonyl (C=O) groups excluding carboxylic acids is 2. The lowest BCUT2D eigenvalue weighted by molar-refractivity contribution is -0.143. The molecular formula is C31H29F7N4O2. The van der Waals surface area contributed by atoms with Crippen LogP contribution in [0, 0.1) is 12.7 Å². The van der Waals surface area contributed by atoms with Crippen molar-refractivity contribution in [1.29, 1.82) is 0 Å².